The fraction of sp³-hybridized carbons (Fsp3) is 0.286. The topological polar surface area (TPSA) is 37.8 Å². The first-order valence-corrected chi connectivity index (χ1v) is 6.86. The molecule has 1 atom stereocenters. The van der Waals surface area contributed by atoms with E-state index in [1.54, 1.807) is 24.3 Å². The maximum Gasteiger partial charge on any atom is 0.116 e. The number of nitrogens with one attached hydrogen (secondary N) is 1. The molecular formula is C14H17N3S. The lowest BCUT2D eigenvalue weighted by Gasteiger charge is -2.14. The predicted molar refractivity (Wildman–Crippen MR) is 74.7 cm³/mol. The zero-order valence-corrected chi connectivity index (χ0v) is 11.4. The Balaban J connectivity index is 2.08. The molecule has 0 bridgehead atoms. The number of nitrogens with zero attached hydrogens (tertiary/aromatic N) is 2. The minimum absolute atomic E-state index is 0.433. The summed E-state index contributed by atoms with van der Waals surface area (Å²) in [7, 11) is 2.00. The summed E-state index contributed by atoms with van der Waals surface area (Å²) in [6.45, 7) is 2.19. The Morgan fingerprint density at radius 1 is 1.22 bits per heavy atom. The van der Waals surface area contributed by atoms with E-state index in [9.17, 15) is 0 Å². The Bertz CT molecular complexity index is 466. The molecule has 94 valence electrons. The molecule has 1 aromatic carbocycles. The Kier molecular flexibility index (Phi) is 4.73. The summed E-state index contributed by atoms with van der Waals surface area (Å²) in [6.07, 6.45) is 4.43. The van der Waals surface area contributed by atoms with Gasteiger partial charge in [-0.2, -0.15) is 0 Å². The van der Waals surface area contributed by atoms with E-state index in [2.05, 4.69) is 46.5 Å². The molecule has 1 aromatic heterocycles. The highest BCUT2D eigenvalue weighted by Crippen LogP contribution is 2.27. The number of aromatic nitrogens is 2. The molecule has 2 aromatic rings. The van der Waals surface area contributed by atoms with Crippen LogP contribution in [0.2, 0.25) is 0 Å². The highest BCUT2D eigenvalue weighted by molar-refractivity contribution is 7.99. The molecule has 1 unspecified atom stereocenters. The molecule has 0 spiro atoms. The number of hydrogen-bond acceptors (Lipinski definition) is 4. The van der Waals surface area contributed by atoms with Crippen molar-refractivity contribution in [3.63, 3.8) is 0 Å². The zero-order chi connectivity index (χ0) is 12.8. The lowest BCUT2D eigenvalue weighted by Crippen LogP contribution is -2.14. The van der Waals surface area contributed by atoms with Crippen LogP contribution in [0.3, 0.4) is 0 Å². The van der Waals surface area contributed by atoms with Gasteiger partial charge in [-0.1, -0.05) is 30.8 Å². The van der Waals surface area contributed by atoms with Crippen LogP contribution in [0, 0.1) is 0 Å². The molecule has 0 aliphatic heterocycles. The third kappa shape index (κ3) is 3.31. The average Bonchev–Trinajstić information content (AvgIpc) is 2.43. The smallest absolute Gasteiger partial charge is 0.116 e. The van der Waals surface area contributed by atoms with Crippen molar-refractivity contribution in [1.29, 1.82) is 0 Å². The second-order valence-corrected chi connectivity index (χ2v) is 5.06. The van der Waals surface area contributed by atoms with E-state index < -0.39 is 0 Å². The molecule has 2 rings (SSSR count). The SMILES string of the molecule is CCC(NC)c1ccc(Sc2ccncn2)cc1. The van der Waals surface area contributed by atoms with Crippen molar-refractivity contribution in [3.8, 4) is 0 Å². The molecular weight excluding hydrogens is 242 g/mol. The van der Waals surface area contributed by atoms with Crippen LogP contribution in [-0.2, 0) is 0 Å². The van der Waals surface area contributed by atoms with Crippen molar-refractivity contribution in [2.45, 2.75) is 29.3 Å². The molecule has 1 heterocycles. The number of rotatable bonds is 5. The Labute approximate surface area is 112 Å². The summed E-state index contributed by atoms with van der Waals surface area (Å²) in [5, 5.41) is 4.28. The molecule has 0 saturated carbocycles. The predicted octanol–water partition coefficient (Wildman–Crippen LogP) is 3.30. The minimum Gasteiger partial charge on any atom is -0.313 e. The first-order valence-electron chi connectivity index (χ1n) is 6.04. The van der Waals surface area contributed by atoms with E-state index in [-0.39, 0.29) is 0 Å². The van der Waals surface area contributed by atoms with Crippen LogP contribution in [0.15, 0.2) is 52.8 Å². The van der Waals surface area contributed by atoms with Crippen molar-refractivity contribution in [2.24, 2.45) is 0 Å². The maximum atomic E-state index is 4.20. The zero-order valence-electron chi connectivity index (χ0n) is 10.6. The van der Waals surface area contributed by atoms with Gasteiger partial charge >= 0.3 is 0 Å². The van der Waals surface area contributed by atoms with Crippen molar-refractivity contribution in [3.05, 3.63) is 48.4 Å². The maximum absolute atomic E-state index is 4.20. The van der Waals surface area contributed by atoms with Crippen LogP contribution in [-0.4, -0.2) is 17.0 Å². The van der Waals surface area contributed by atoms with Gasteiger partial charge in [0.2, 0.25) is 0 Å². The van der Waals surface area contributed by atoms with E-state index in [1.165, 1.54) is 10.5 Å². The van der Waals surface area contributed by atoms with Gasteiger partial charge in [0.25, 0.3) is 0 Å². The third-order valence-electron chi connectivity index (χ3n) is 2.82. The van der Waals surface area contributed by atoms with Gasteiger partial charge in [-0.3, -0.25) is 0 Å². The first kappa shape index (κ1) is 13.1. The molecule has 0 aliphatic rings. The van der Waals surface area contributed by atoms with Crippen LogP contribution < -0.4 is 5.32 Å². The van der Waals surface area contributed by atoms with Crippen LogP contribution >= 0.6 is 11.8 Å². The van der Waals surface area contributed by atoms with E-state index in [4.69, 9.17) is 0 Å². The van der Waals surface area contributed by atoms with E-state index in [0.717, 1.165) is 11.4 Å². The van der Waals surface area contributed by atoms with Crippen molar-refractivity contribution < 1.29 is 0 Å². The third-order valence-corrected chi connectivity index (χ3v) is 3.77. The van der Waals surface area contributed by atoms with E-state index in [0.29, 0.717) is 6.04 Å². The van der Waals surface area contributed by atoms with Crippen molar-refractivity contribution in [1.82, 2.24) is 15.3 Å². The van der Waals surface area contributed by atoms with Gasteiger partial charge in [-0.25, -0.2) is 9.97 Å². The van der Waals surface area contributed by atoms with Crippen molar-refractivity contribution >= 4 is 11.8 Å². The highest BCUT2D eigenvalue weighted by Gasteiger charge is 2.06. The van der Waals surface area contributed by atoms with Gasteiger partial charge in [0, 0.05) is 17.1 Å². The van der Waals surface area contributed by atoms with Gasteiger partial charge in [0.1, 0.15) is 11.4 Å². The summed E-state index contributed by atoms with van der Waals surface area (Å²) in [4.78, 5) is 9.31. The summed E-state index contributed by atoms with van der Waals surface area (Å²) in [5.74, 6) is 0. The second kappa shape index (κ2) is 6.52. The van der Waals surface area contributed by atoms with Crippen LogP contribution in [0.25, 0.3) is 0 Å². The quantitative estimate of drug-likeness (QED) is 0.836. The van der Waals surface area contributed by atoms with Gasteiger partial charge in [-0.05, 0) is 37.2 Å². The van der Waals surface area contributed by atoms with Crippen LogP contribution in [0.5, 0.6) is 0 Å². The standard InChI is InChI=1S/C14H17N3S/c1-3-13(15-2)11-4-6-12(7-5-11)18-14-8-9-16-10-17-14/h4-10,13,15H,3H2,1-2H3. The fourth-order valence-electron chi connectivity index (χ4n) is 1.83. The molecule has 4 heteroatoms. The number of benzene rings is 1. The van der Waals surface area contributed by atoms with Crippen molar-refractivity contribution in [2.75, 3.05) is 7.05 Å². The van der Waals surface area contributed by atoms with E-state index in [1.807, 2.05) is 13.1 Å². The molecule has 0 aliphatic carbocycles. The number of hydrogen-bond donors (Lipinski definition) is 1. The average molecular weight is 259 g/mol. The van der Waals surface area contributed by atoms with Gasteiger partial charge in [0.05, 0.1) is 0 Å². The second-order valence-electron chi connectivity index (χ2n) is 3.97. The Morgan fingerprint density at radius 3 is 2.56 bits per heavy atom. The molecule has 0 fully saturated rings. The normalized spacial score (nSPS) is 12.3. The van der Waals surface area contributed by atoms with Crippen LogP contribution in [0.1, 0.15) is 24.9 Å². The lowest BCUT2D eigenvalue weighted by atomic mass is 10.1. The molecule has 0 amide bonds. The molecule has 0 saturated heterocycles. The largest absolute Gasteiger partial charge is 0.313 e. The monoisotopic (exact) mass is 259 g/mol. The van der Waals surface area contributed by atoms with Gasteiger partial charge < -0.3 is 5.32 Å². The summed E-state index contributed by atoms with van der Waals surface area (Å²) in [5.41, 5.74) is 1.33. The molecule has 18 heavy (non-hydrogen) atoms. The summed E-state index contributed by atoms with van der Waals surface area (Å²) in [6, 6.07) is 11.0. The molecule has 3 nitrogen and oxygen atoms in total. The highest BCUT2D eigenvalue weighted by atomic mass is 32.2. The van der Waals surface area contributed by atoms with Gasteiger partial charge in [0.15, 0.2) is 0 Å². The molecule has 0 radical (unpaired) electrons. The summed E-state index contributed by atoms with van der Waals surface area (Å²) >= 11 is 1.65. The lowest BCUT2D eigenvalue weighted by molar-refractivity contribution is 0.576. The first-order chi connectivity index (χ1) is 8.83. The van der Waals surface area contributed by atoms with Crippen LogP contribution in [0.4, 0.5) is 0 Å². The fourth-order valence-corrected chi connectivity index (χ4v) is 2.58. The van der Waals surface area contributed by atoms with Gasteiger partial charge in [-0.15, -0.1) is 0 Å². The Morgan fingerprint density at radius 2 is 2.00 bits per heavy atom. The minimum atomic E-state index is 0.433. The van der Waals surface area contributed by atoms with E-state index >= 15 is 0 Å². The Hall–Kier alpha value is -1.39. The summed E-state index contributed by atoms with van der Waals surface area (Å²) < 4.78 is 0. The molecule has 1 N–H and O–H groups in total.